The van der Waals surface area contributed by atoms with Crippen LogP contribution in [0.1, 0.15) is 31.1 Å². The van der Waals surface area contributed by atoms with Crippen molar-refractivity contribution in [1.82, 2.24) is 0 Å². The first kappa shape index (κ1) is 11.5. The molecule has 13 heavy (non-hydrogen) atoms. The molecule has 4 N–H and O–H groups in total. The topological polar surface area (TPSA) is 69.1 Å². The summed E-state index contributed by atoms with van der Waals surface area (Å²) < 4.78 is 0. The molecule has 1 aromatic carbocycles. The van der Waals surface area contributed by atoms with Crippen LogP contribution in [0.5, 0.6) is 0 Å². The van der Waals surface area contributed by atoms with Crippen LogP contribution in [0, 0.1) is 0 Å². The first-order chi connectivity index (χ1) is 6.11. The van der Waals surface area contributed by atoms with E-state index in [4.69, 9.17) is 11.5 Å². The van der Waals surface area contributed by atoms with Crippen LogP contribution in [-0.2, 0) is 0 Å². The lowest BCUT2D eigenvalue weighted by molar-refractivity contribution is 0.101. The van der Waals surface area contributed by atoms with Crippen LogP contribution < -0.4 is 11.5 Å². The second-order valence-corrected chi connectivity index (χ2v) is 2.40. The number of Topliss-reactive ketones (excluding diaryl/α,β-unsaturated/α-hetero) is 1. The molecule has 3 heteroatoms. The summed E-state index contributed by atoms with van der Waals surface area (Å²) in [5, 5.41) is 0. The van der Waals surface area contributed by atoms with Gasteiger partial charge in [-0.25, -0.2) is 0 Å². The molecular weight excluding hydrogens is 164 g/mol. The van der Waals surface area contributed by atoms with Crippen molar-refractivity contribution in [3.63, 3.8) is 0 Å². The minimum atomic E-state index is -0.00306. The fraction of sp³-hybridized carbons (Fsp3) is 0.300. The van der Waals surface area contributed by atoms with Gasteiger partial charge in [0.05, 0.1) is 11.4 Å². The Balaban J connectivity index is 0.000000671. The van der Waals surface area contributed by atoms with Crippen molar-refractivity contribution in [3.05, 3.63) is 23.8 Å². The summed E-state index contributed by atoms with van der Waals surface area (Å²) in [7, 11) is 0. The Bertz CT molecular complexity index is 295. The Hall–Kier alpha value is -1.51. The number of benzene rings is 1. The summed E-state index contributed by atoms with van der Waals surface area (Å²) in [6, 6.07) is 4.87. The van der Waals surface area contributed by atoms with Crippen LogP contribution >= 0.6 is 0 Å². The lowest BCUT2D eigenvalue weighted by Gasteiger charge is -2.00. The number of carbonyl (C=O) groups excluding carboxylic acids is 1. The molecule has 0 saturated heterocycles. The molecule has 0 fully saturated rings. The van der Waals surface area contributed by atoms with Gasteiger partial charge in [-0.1, -0.05) is 13.8 Å². The molecule has 72 valence electrons. The lowest BCUT2D eigenvalue weighted by atomic mass is 10.1. The number of anilines is 2. The molecule has 1 rings (SSSR count). The SMILES string of the molecule is CC.CC(=O)c1ccc(N)c(N)c1. The Morgan fingerprint density at radius 2 is 1.69 bits per heavy atom. The number of ketones is 1. The molecule has 0 unspecified atom stereocenters. The minimum absolute atomic E-state index is 0.00306. The highest BCUT2D eigenvalue weighted by atomic mass is 16.1. The zero-order valence-corrected chi connectivity index (χ0v) is 8.29. The van der Waals surface area contributed by atoms with Crippen molar-refractivity contribution in [2.75, 3.05) is 11.5 Å². The molecule has 0 radical (unpaired) electrons. The fourth-order valence-corrected chi connectivity index (χ4v) is 0.794. The molecule has 0 amide bonds. The Morgan fingerprint density at radius 3 is 2.08 bits per heavy atom. The van der Waals surface area contributed by atoms with E-state index in [-0.39, 0.29) is 5.78 Å². The normalized spacial score (nSPS) is 8.54. The van der Waals surface area contributed by atoms with E-state index in [1.165, 1.54) is 6.92 Å². The van der Waals surface area contributed by atoms with E-state index in [1.54, 1.807) is 18.2 Å². The third-order valence-electron chi connectivity index (χ3n) is 1.49. The smallest absolute Gasteiger partial charge is 0.159 e. The van der Waals surface area contributed by atoms with E-state index in [1.807, 2.05) is 13.8 Å². The molecule has 0 aromatic heterocycles. The van der Waals surface area contributed by atoms with Crippen LogP contribution in [0.2, 0.25) is 0 Å². The first-order valence-electron chi connectivity index (χ1n) is 4.27. The lowest BCUT2D eigenvalue weighted by Crippen LogP contribution is -1.98. The molecule has 1 aromatic rings. The summed E-state index contributed by atoms with van der Waals surface area (Å²) >= 11 is 0. The highest BCUT2D eigenvalue weighted by Crippen LogP contribution is 2.15. The third kappa shape index (κ3) is 3.15. The van der Waals surface area contributed by atoms with Gasteiger partial charge < -0.3 is 11.5 Å². The van der Waals surface area contributed by atoms with Crippen molar-refractivity contribution < 1.29 is 4.79 Å². The summed E-state index contributed by atoms with van der Waals surface area (Å²) in [6.45, 7) is 5.49. The van der Waals surface area contributed by atoms with Gasteiger partial charge in [0, 0.05) is 5.56 Å². The van der Waals surface area contributed by atoms with Crippen molar-refractivity contribution in [2.24, 2.45) is 0 Å². The van der Waals surface area contributed by atoms with E-state index in [0.717, 1.165) is 0 Å². The monoisotopic (exact) mass is 180 g/mol. The molecule has 0 aliphatic rings. The molecule has 3 nitrogen and oxygen atoms in total. The number of nitrogen functional groups attached to an aromatic ring is 2. The second kappa shape index (κ2) is 5.19. The average Bonchev–Trinajstić information content (AvgIpc) is 2.13. The maximum Gasteiger partial charge on any atom is 0.159 e. The summed E-state index contributed by atoms with van der Waals surface area (Å²) in [4.78, 5) is 10.8. The predicted molar refractivity (Wildman–Crippen MR) is 56.6 cm³/mol. The molecular formula is C10H16N2O. The van der Waals surface area contributed by atoms with E-state index < -0.39 is 0 Å². The van der Waals surface area contributed by atoms with Crippen LogP contribution in [0.3, 0.4) is 0 Å². The van der Waals surface area contributed by atoms with Gasteiger partial charge in [-0.15, -0.1) is 0 Å². The number of nitrogens with two attached hydrogens (primary N) is 2. The van der Waals surface area contributed by atoms with Gasteiger partial charge in [0.2, 0.25) is 0 Å². The van der Waals surface area contributed by atoms with Crippen LogP contribution in [-0.4, -0.2) is 5.78 Å². The number of hydrogen-bond acceptors (Lipinski definition) is 3. The highest BCUT2D eigenvalue weighted by Gasteiger charge is 2.00. The average molecular weight is 180 g/mol. The van der Waals surface area contributed by atoms with E-state index in [9.17, 15) is 4.79 Å². The molecule has 0 atom stereocenters. The Kier molecular flexibility index (Phi) is 4.59. The molecule has 0 saturated carbocycles. The number of hydrogen-bond donors (Lipinski definition) is 2. The molecule has 0 heterocycles. The van der Waals surface area contributed by atoms with Gasteiger partial charge >= 0.3 is 0 Å². The van der Waals surface area contributed by atoms with Crippen LogP contribution in [0.4, 0.5) is 11.4 Å². The zero-order valence-electron chi connectivity index (χ0n) is 8.29. The maximum atomic E-state index is 10.8. The summed E-state index contributed by atoms with van der Waals surface area (Å²) in [6.07, 6.45) is 0. The molecule has 0 bridgehead atoms. The maximum absolute atomic E-state index is 10.8. The van der Waals surface area contributed by atoms with Gasteiger partial charge in [-0.05, 0) is 25.1 Å². The van der Waals surface area contributed by atoms with Gasteiger partial charge in [-0.2, -0.15) is 0 Å². The first-order valence-corrected chi connectivity index (χ1v) is 4.27. The van der Waals surface area contributed by atoms with Crippen molar-refractivity contribution in [3.8, 4) is 0 Å². The predicted octanol–water partition coefficient (Wildman–Crippen LogP) is 2.08. The quantitative estimate of drug-likeness (QED) is 0.513. The Labute approximate surface area is 78.7 Å². The van der Waals surface area contributed by atoms with Crippen LogP contribution in [0.15, 0.2) is 18.2 Å². The summed E-state index contributed by atoms with van der Waals surface area (Å²) in [5.74, 6) is -0.00306. The van der Waals surface area contributed by atoms with Crippen molar-refractivity contribution >= 4 is 17.2 Å². The number of rotatable bonds is 1. The van der Waals surface area contributed by atoms with E-state index >= 15 is 0 Å². The van der Waals surface area contributed by atoms with E-state index in [2.05, 4.69) is 0 Å². The third-order valence-corrected chi connectivity index (χ3v) is 1.49. The van der Waals surface area contributed by atoms with Crippen molar-refractivity contribution in [1.29, 1.82) is 0 Å². The fourth-order valence-electron chi connectivity index (χ4n) is 0.794. The van der Waals surface area contributed by atoms with Gasteiger partial charge in [0.15, 0.2) is 5.78 Å². The van der Waals surface area contributed by atoms with Crippen molar-refractivity contribution in [2.45, 2.75) is 20.8 Å². The second-order valence-electron chi connectivity index (χ2n) is 2.40. The Morgan fingerprint density at radius 1 is 1.15 bits per heavy atom. The van der Waals surface area contributed by atoms with Gasteiger partial charge in [0.25, 0.3) is 0 Å². The van der Waals surface area contributed by atoms with Gasteiger partial charge in [0.1, 0.15) is 0 Å². The van der Waals surface area contributed by atoms with Crippen LogP contribution in [0.25, 0.3) is 0 Å². The summed E-state index contributed by atoms with van der Waals surface area (Å²) in [5.41, 5.74) is 12.5. The van der Waals surface area contributed by atoms with E-state index in [0.29, 0.717) is 16.9 Å². The molecule has 0 aliphatic carbocycles. The standard InChI is InChI=1S/C8H10N2O.C2H6/c1-5(11)6-2-3-7(9)8(10)4-6;1-2/h2-4H,9-10H2,1H3;1-2H3. The largest absolute Gasteiger partial charge is 0.397 e. The highest BCUT2D eigenvalue weighted by molar-refractivity contribution is 5.95. The van der Waals surface area contributed by atoms with Gasteiger partial charge in [-0.3, -0.25) is 4.79 Å². The minimum Gasteiger partial charge on any atom is -0.397 e. The molecule has 0 aliphatic heterocycles. The number of carbonyl (C=O) groups is 1. The zero-order chi connectivity index (χ0) is 10.4. The molecule has 0 spiro atoms.